The van der Waals surface area contributed by atoms with E-state index in [1.807, 2.05) is 25.1 Å². The molecule has 0 aliphatic carbocycles. The van der Waals surface area contributed by atoms with Gasteiger partial charge in [-0.3, -0.25) is 4.98 Å². The summed E-state index contributed by atoms with van der Waals surface area (Å²) in [5.41, 5.74) is 2.31. The number of phenols is 1. The molecule has 0 spiro atoms. The van der Waals surface area contributed by atoms with Crippen LogP contribution in [0.2, 0.25) is 0 Å². The highest BCUT2D eigenvalue weighted by Crippen LogP contribution is 2.17. The maximum atomic E-state index is 9.77. The van der Waals surface area contributed by atoms with E-state index < -0.39 is 0 Å². The quantitative estimate of drug-likeness (QED) is 0.576. The van der Waals surface area contributed by atoms with Crippen molar-refractivity contribution in [1.29, 1.82) is 0 Å². The third-order valence-corrected chi connectivity index (χ3v) is 3.33. The minimum Gasteiger partial charge on any atom is -0.507 e. The van der Waals surface area contributed by atoms with E-state index in [9.17, 15) is 5.11 Å². The molecule has 0 aliphatic rings. The lowest BCUT2D eigenvalue weighted by atomic mass is 10.2. The molecular weight excluding hydrogens is 298 g/mol. The average molecular weight is 311 g/mol. The van der Waals surface area contributed by atoms with Gasteiger partial charge in [-0.05, 0) is 43.4 Å². The standard InChI is InChI=1S/C15H13N5OS/c1-10-6-7-12(8-16-10)14-18-19-15(22)20(14)17-9-11-4-2-3-5-13(11)21/h2-9,21H,1H3,(H,19,22). The number of hydrogen-bond acceptors (Lipinski definition) is 5. The summed E-state index contributed by atoms with van der Waals surface area (Å²) in [6.07, 6.45) is 3.25. The summed E-state index contributed by atoms with van der Waals surface area (Å²) in [5, 5.41) is 21.0. The van der Waals surface area contributed by atoms with Crippen LogP contribution >= 0.6 is 12.2 Å². The highest BCUT2D eigenvalue weighted by Gasteiger charge is 2.08. The Hall–Kier alpha value is -2.80. The van der Waals surface area contributed by atoms with Crippen molar-refractivity contribution < 1.29 is 5.11 Å². The van der Waals surface area contributed by atoms with E-state index in [0.717, 1.165) is 11.3 Å². The maximum Gasteiger partial charge on any atom is 0.216 e. The van der Waals surface area contributed by atoms with Crippen molar-refractivity contribution in [3.63, 3.8) is 0 Å². The number of pyridine rings is 1. The molecule has 22 heavy (non-hydrogen) atoms. The molecule has 0 radical (unpaired) electrons. The van der Waals surface area contributed by atoms with Gasteiger partial charge in [-0.15, -0.1) is 0 Å². The van der Waals surface area contributed by atoms with Crippen LogP contribution in [0.5, 0.6) is 5.75 Å². The number of H-pyrrole nitrogens is 1. The van der Waals surface area contributed by atoms with E-state index >= 15 is 0 Å². The minimum absolute atomic E-state index is 0.153. The Balaban J connectivity index is 2.01. The first-order valence-corrected chi connectivity index (χ1v) is 6.99. The highest BCUT2D eigenvalue weighted by atomic mass is 32.1. The second-order valence-corrected chi connectivity index (χ2v) is 5.04. The molecule has 2 aromatic heterocycles. The van der Waals surface area contributed by atoms with E-state index in [1.54, 1.807) is 24.4 Å². The average Bonchev–Trinajstić information content (AvgIpc) is 2.88. The zero-order valence-corrected chi connectivity index (χ0v) is 12.6. The van der Waals surface area contributed by atoms with Crippen LogP contribution in [0.1, 0.15) is 11.3 Å². The number of phenolic OH excluding ortho intramolecular Hbond substituents is 1. The second-order valence-electron chi connectivity index (χ2n) is 4.66. The number of hydrogen-bond donors (Lipinski definition) is 2. The summed E-state index contributed by atoms with van der Waals surface area (Å²) in [7, 11) is 0. The van der Waals surface area contributed by atoms with E-state index in [2.05, 4.69) is 20.3 Å². The van der Waals surface area contributed by atoms with Gasteiger partial charge in [-0.25, -0.2) is 5.10 Å². The third-order valence-electron chi connectivity index (χ3n) is 3.07. The molecule has 0 aliphatic heterocycles. The number of nitrogens with zero attached hydrogens (tertiary/aromatic N) is 4. The molecule has 3 aromatic rings. The number of aryl methyl sites for hydroxylation is 1. The normalized spacial score (nSPS) is 11.1. The van der Waals surface area contributed by atoms with Gasteiger partial charge in [0.25, 0.3) is 0 Å². The van der Waals surface area contributed by atoms with Crippen molar-refractivity contribution in [2.45, 2.75) is 6.92 Å². The largest absolute Gasteiger partial charge is 0.507 e. The predicted octanol–water partition coefficient (Wildman–Crippen LogP) is 2.90. The topological polar surface area (TPSA) is 79.1 Å². The molecule has 0 fully saturated rings. The van der Waals surface area contributed by atoms with E-state index in [4.69, 9.17) is 12.2 Å². The fourth-order valence-corrected chi connectivity index (χ4v) is 2.08. The molecule has 1 aromatic carbocycles. The van der Waals surface area contributed by atoms with Crippen LogP contribution in [0.3, 0.4) is 0 Å². The zero-order chi connectivity index (χ0) is 15.5. The van der Waals surface area contributed by atoms with Gasteiger partial charge >= 0.3 is 0 Å². The lowest BCUT2D eigenvalue weighted by Gasteiger charge is -2.01. The van der Waals surface area contributed by atoms with E-state index in [1.165, 1.54) is 10.9 Å². The van der Waals surface area contributed by atoms with Crippen LogP contribution < -0.4 is 0 Å². The molecule has 110 valence electrons. The molecule has 0 saturated carbocycles. The summed E-state index contributed by atoms with van der Waals surface area (Å²) in [5.74, 6) is 0.712. The van der Waals surface area contributed by atoms with Gasteiger partial charge in [-0.1, -0.05) is 12.1 Å². The van der Waals surface area contributed by atoms with Crippen LogP contribution in [-0.4, -0.2) is 31.2 Å². The Labute approximate surface area is 131 Å². The number of para-hydroxylation sites is 1. The Kier molecular flexibility index (Phi) is 3.80. The minimum atomic E-state index is 0.153. The molecule has 0 amide bonds. The van der Waals surface area contributed by atoms with Crippen LogP contribution in [0, 0.1) is 11.7 Å². The monoisotopic (exact) mass is 311 g/mol. The molecule has 0 bridgehead atoms. The number of aromatic nitrogens is 4. The molecule has 0 atom stereocenters. The molecule has 7 heteroatoms. The van der Waals surface area contributed by atoms with Crippen molar-refractivity contribution in [3.8, 4) is 17.1 Å². The Bertz CT molecular complexity index is 879. The Morgan fingerprint density at radius 3 is 2.82 bits per heavy atom. The van der Waals surface area contributed by atoms with Crippen LogP contribution in [0.4, 0.5) is 0 Å². The van der Waals surface area contributed by atoms with Gasteiger partial charge in [0.2, 0.25) is 4.77 Å². The third kappa shape index (κ3) is 2.79. The predicted molar refractivity (Wildman–Crippen MR) is 86.5 cm³/mol. The molecule has 0 saturated heterocycles. The van der Waals surface area contributed by atoms with Gasteiger partial charge in [-0.2, -0.15) is 14.9 Å². The van der Waals surface area contributed by atoms with Gasteiger partial charge < -0.3 is 5.11 Å². The summed E-state index contributed by atoms with van der Waals surface area (Å²) < 4.78 is 1.86. The van der Waals surface area contributed by atoms with E-state index in [0.29, 0.717) is 16.2 Å². The smallest absolute Gasteiger partial charge is 0.216 e. The second kappa shape index (κ2) is 5.90. The summed E-state index contributed by atoms with van der Waals surface area (Å²) >= 11 is 5.20. The number of aromatic hydroxyl groups is 1. The van der Waals surface area contributed by atoms with Crippen molar-refractivity contribution in [2.24, 2.45) is 5.10 Å². The van der Waals surface area contributed by atoms with Crippen molar-refractivity contribution in [2.75, 3.05) is 0 Å². The highest BCUT2D eigenvalue weighted by molar-refractivity contribution is 7.71. The van der Waals surface area contributed by atoms with Gasteiger partial charge in [0.05, 0.1) is 6.21 Å². The number of rotatable bonds is 3. The summed E-state index contributed by atoms with van der Waals surface area (Å²) in [4.78, 5) is 4.25. The van der Waals surface area contributed by atoms with Crippen LogP contribution in [0.15, 0.2) is 47.7 Å². The van der Waals surface area contributed by atoms with Crippen molar-refractivity contribution in [1.82, 2.24) is 19.9 Å². The fraction of sp³-hybridized carbons (Fsp3) is 0.0667. The van der Waals surface area contributed by atoms with Crippen LogP contribution in [-0.2, 0) is 0 Å². The van der Waals surface area contributed by atoms with Crippen molar-refractivity contribution in [3.05, 3.63) is 58.6 Å². The zero-order valence-electron chi connectivity index (χ0n) is 11.8. The summed E-state index contributed by atoms with van der Waals surface area (Å²) in [6, 6.07) is 10.7. The Morgan fingerprint density at radius 1 is 1.27 bits per heavy atom. The number of nitrogens with one attached hydrogen (secondary N) is 1. The molecule has 2 N–H and O–H groups in total. The fourth-order valence-electron chi connectivity index (χ4n) is 1.90. The lowest BCUT2D eigenvalue weighted by molar-refractivity contribution is 0.474. The number of benzene rings is 1. The molecule has 6 nitrogen and oxygen atoms in total. The SMILES string of the molecule is Cc1ccc(-c2n[nH]c(=S)n2N=Cc2ccccc2O)cn1. The maximum absolute atomic E-state index is 9.77. The molecular formula is C15H13N5OS. The van der Waals surface area contributed by atoms with E-state index in [-0.39, 0.29) is 5.75 Å². The molecule has 3 rings (SSSR count). The van der Waals surface area contributed by atoms with Gasteiger partial charge in [0, 0.05) is 23.0 Å². The first-order chi connectivity index (χ1) is 10.6. The van der Waals surface area contributed by atoms with Gasteiger partial charge in [0.15, 0.2) is 5.82 Å². The first kappa shape index (κ1) is 14.2. The van der Waals surface area contributed by atoms with Crippen LogP contribution in [0.25, 0.3) is 11.4 Å². The first-order valence-electron chi connectivity index (χ1n) is 6.58. The number of aromatic amines is 1. The molecule has 2 heterocycles. The van der Waals surface area contributed by atoms with Crippen molar-refractivity contribution >= 4 is 18.4 Å². The Morgan fingerprint density at radius 2 is 2.09 bits per heavy atom. The van der Waals surface area contributed by atoms with Gasteiger partial charge in [0.1, 0.15) is 5.75 Å². The lowest BCUT2D eigenvalue weighted by Crippen LogP contribution is -1.96. The summed E-state index contributed by atoms with van der Waals surface area (Å²) in [6.45, 7) is 1.91. The molecule has 0 unspecified atom stereocenters.